The molecule has 0 saturated heterocycles. The van der Waals surface area contributed by atoms with Gasteiger partial charge in [-0.1, -0.05) is 11.6 Å². The molecule has 2 N–H and O–H groups in total. The second-order valence-electron chi connectivity index (χ2n) is 1.80. The summed E-state index contributed by atoms with van der Waals surface area (Å²) in [6.45, 7) is 0. The van der Waals surface area contributed by atoms with Gasteiger partial charge in [-0.2, -0.15) is 0 Å². The highest BCUT2D eigenvalue weighted by molar-refractivity contribution is 6.30. The summed E-state index contributed by atoms with van der Waals surface area (Å²) in [5, 5.41) is 6.81. The van der Waals surface area contributed by atoms with Gasteiger partial charge in [0.25, 0.3) is 0 Å². The zero-order valence-electron chi connectivity index (χ0n) is 5.19. The quantitative estimate of drug-likeness (QED) is 0.568. The van der Waals surface area contributed by atoms with Crippen molar-refractivity contribution in [1.29, 1.82) is 0 Å². The molecule has 0 aromatic heterocycles. The van der Waals surface area contributed by atoms with Gasteiger partial charge in [-0.05, 0) is 25.4 Å². The predicted molar refractivity (Wildman–Crippen MR) is 39.1 cm³/mol. The predicted octanol–water partition coefficient (Wildman–Crippen LogP) is 0.771. The first kappa shape index (κ1) is 6.65. The van der Waals surface area contributed by atoms with Crippen molar-refractivity contribution >= 4 is 11.6 Å². The van der Waals surface area contributed by atoms with Crippen LogP contribution in [0.2, 0.25) is 0 Å². The third-order valence-electron chi connectivity index (χ3n) is 1.18. The van der Waals surface area contributed by atoms with Crippen LogP contribution >= 0.6 is 11.6 Å². The number of likely N-dealkylation sites (N-methyl/N-ethyl adjacent to an activating group) is 1. The Morgan fingerprint density at radius 1 is 1.78 bits per heavy atom. The van der Waals surface area contributed by atoms with Crippen LogP contribution in [0.4, 0.5) is 0 Å². The first-order chi connectivity index (χ1) is 4.34. The average molecular weight is 145 g/mol. The summed E-state index contributed by atoms with van der Waals surface area (Å²) in [4.78, 5) is 0. The molecule has 0 spiro atoms. The van der Waals surface area contributed by atoms with Crippen molar-refractivity contribution in [2.45, 2.75) is 6.17 Å². The number of nitrogens with one attached hydrogen (secondary N) is 2. The zero-order valence-corrected chi connectivity index (χ0v) is 5.94. The fourth-order valence-corrected chi connectivity index (χ4v) is 0.934. The van der Waals surface area contributed by atoms with E-state index in [2.05, 4.69) is 10.6 Å². The van der Waals surface area contributed by atoms with E-state index in [0.717, 1.165) is 5.03 Å². The van der Waals surface area contributed by atoms with Crippen LogP contribution < -0.4 is 10.6 Å². The Kier molecular flexibility index (Phi) is 2.14. The topological polar surface area (TPSA) is 24.1 Å². The third kappa shape index (κ3) is 1.47. The summed E-state index contributed by atoms with van der Waals surface area (Å²) < 4.78 is 0. The molecule has 0 radical (unpaired) electrons. The van der Waals surface area contributed by atoms with E-state index in [1.54, 1.807) is 0 Å². The van der Waals surface area contributed by atoms with E-state index in [1.165, 1.54) is 0 Å². The molecule has 1 aliphatic heterocycles. The maximum Gasteiger partial charge on any atom is 0.113 e. The molecule has 1 atom stereocenters. The number of hydrogen-bond acceptors (Lipinski definition) is 2. The van der Waals surface area contributed by atoms with E-state index in [1.807, 2.05) is 25.4 Å². The second kappa shape index (κ2) is 2.90. The minimum Gasteiger partial charge on any atom is -0.371 e. The van der Waals surface area contributed by atoms with Crippen LogP contribution in [0.1, 0.15) is 0 Å². The van der Waals surface area contributed by atoms with Crippen LogP contribution in [0.25, 0.3) is 0 Å². The molecular weight excluding hydrogens is 136 g/mol. The first-order valence-corrected chi connectivity index (χ1v) is 3.18. The van der Waals surface area contributed by atoms with Crippen LogP contribution in [-0.4, -0.2) is 13.2 Å². The Morgan fingerprint density at radius 2 is 2.56 bits per heavy atom. The fraction of sp³-hybridized carbons (Fsp3) is 0.333. The molecule has 0 aromatic carbocycles. The zero-order chi connectivity index (χ0) is 6.69. The van der Waals surface area contributed by atoms with Gasteiger partial charge in [-0.25, -0.2) is 0 Å². The highest BCUT2D eigenvalue weighted by atomic mass is 35.5. The molecule has 0 saturated carbocycles. The summed E-state index contributed by atoms with van der Waals surface area (Å²) >= 11 is 5.77. The van der Waals surface area contributed by atoms with Gasteiger partial charge in [0.2, 0.25) is 0 Å². The average Bonchev–Trinajstić information content (AvgIpc) is 1.89. The van der Waals surface area contributed by atoms with Gasteiger partial charge in [-0.3, -0.25) is 5.32 Å². The molecule has 0 fully saturated rings. The summed E-state index contributed by atoms with van der Waals surface area (Å²) in [6, 6.07) is 0. The maximum absolute atomic E-state index is 5.77. The molecule has 1 rings (SSSR count). The Hall–Kier alpha value is -0.470. The summed E-state index contributed by atoms with van der Waals surface area (Å²) in [6.07, 6.45) is 5.68. The lowest BCUT2D eigenvalue weighted by atomic mass is 10.3. The van der Waals surface area contributed by atoms with Crippen LogP contribution in [-0.2, 0) is 0 Å². The number of halogens is 1. The van der Waals surface area contributed by atoms with Crippen molar-refractivity contribution in [3.05, 3.63) is 23.4 Å². The van der Waals surface area contributed by atoms with Crippen molar-refractivity contribution in [1.82, 2.24) is 10.6 Å². The summed E-state index contributed by atoms with van der Waals surface area (Å²) in [5.41, 5.74) is 0. The molecule has 1 aliphatic rings. The minimum absolute atomic E-state index is 0.0941. The largest absolute Gasteiger partial charge is 0.371 e. The summed E-state index contributed by atoms with van der Waals surface area (Å²) in [7, 11) is 1.85. The normalized spacial score (nSPS) is 25.1. The van der Waals surface area contributed by atoms with Crippen LogP contribution in [0.5, 0.6) is 0 Å². The van der Waals surface area contributed by atoms with Gasteiger partial charge in [0, 0.05) is 0 Å². The highest BCUT2D eigenvalue weighted by Crippen LogP contribution is 2.08. The molecule has 2 nitrogen and oxygen atoms in total. The van der Waals surface area contributed by atoms with Crippen molar-refractivity contribution in [3.63, 3.8) is 0 Å². The van der Waals surface area contributed by atoms with Crippen molar-refractivity contribution in [2.24, 2.45) is 0 Å². The van der Waals surface area contributed by atoms with Gasteiger partial charge in [0.15, 0.2) is 0 Å². The van der Waals surface area contributed by atoms with E-state index in [9.17, 15) is 0 Å². The standard InChI is InChI=1S/C6H9ClN2/c1-8-6-5(7)3-2-4-9-6/h2-4,6,8-9H,1H3. The number of dihydropyridines is 1. The Morgan fingerprint density at radius 3 is 3.00 bits per heavy atom. The molecule has 0 aromatic rings. The first-order valence-electron chi connectivity index (χ1n) is 2.80. The van der Waals surface area contributed by atoms with Gasteiger partial charge in [0.1, 0.15) is 6.17 Å². The smallest absolute Gasteiger partial charge is 0.113 e. The van der Waals surface area contributed by atoms with E-state index < -0.39 is 0 Å². The van der Waals surface area contributed by atoms with Gasteiger partial charge >= 0.3 is 0 Å². The van der Waals surface area contributed by atoms with Crippen LogP contribution in [0, 0.1) is 0 Å². The Balaban J connectivity index is 2.59. The van der Waals surface area contributed by atoms with Crippen LogP contribution in [0.15, 0.2) is 23.4 Å². The molecule has 0 aliphatic carbocycles. The van der Waals surface area contributed by atoms with E-state index >= 15 is 0 Å². The van der Waals surface area contributed by atoms with Crippen molar-refractivity contribution < 1.29 is 0 Å². The van der Waals surface area contributed by atoms with Gasteiger partial charge in [0.05, 0.1) is 5.03 Å². The molecule has 0 bridgehead atoms. The molecular formula is C6H9ClN2. The lowest BCUT2D eigenvalue weighted by Gasteiger charge is -2.17. The molecule has 9 heavy (non-hydrogen) atoms. The summed E-state index contributed by atoms with van der Waals surface area (Å²) in [5.74, 6) is 0. The van der Waals surface area contributed by atoms with Crippen LogP contribution in [0.3, 0.4) is 0 Å². The van der Waals surface area contributed by atoms with Gasteiger partial charge in [-0.15, -0.1) is 0 Å². The van der Waals surface area contributed by atoms with Crippen molar-refractivity contribution in [2.75, 3.05) is 7.05 Å². The van der Waals surface area contributed by atoms with Gasteiger partial charge < -0.3 is 5.32 Å². The van der Waals surface area contributed by atoms with Crippen molar-refractivity contribution in [3.8, 4) is 0 Å². The number of rotatable bonds is 1. The molecule has 1 unspecified atom stereocenters. The molecule has 1 heterocycles. The van der Waals surface area contributed by atoms with E-state index in [4.69, 9.17) is 11.6 Å². The minimum atomic E-state index is 0.0941. The highest BCUT2D eigenvalue weighted by Gasteiger charge is 2.07. The Bertz CT molecular complexity index is 151. The Labute approximate surface area is 59.6 Å². The molecule has 50 valence electrons. The lowest BCUT2D eigenvalue weighted by molar-refractivity contribution is 0.597. The number of allylic oxidation sites excluding steroid dienone is 2. The molecule has 0 amide bonds. The molecule has 3 heteroatoms. The monoisotopic (exact) mass is 144 g/mol. The number of hydrogen-bond donors (Lipinski definition) is 2. The third-order valence-corrected chi connectivity index (χ3v) is 1.52. The van der Waals surface area contributed by atoms with E-state index in [0.29, 0.717) is 0 Å². The fourth-order valence-electron chi connectivity index (χ4n) is 0.689. The second-order valence-corrected chi connectivity index (χ2v) is 2.24. The SMILES string of the molecule is CNC1NC=CC=C1Cl. The van der Waals surface area contributed by atoms with E-state index in [-0.39, 0.29) is 6.17 Å². The lowest BCUT2D eigenvalue weighted by Crippen LogP contribution is -2.38. The maximum atomic E-state index is 5.77.